The fourth-order valence-corrected chi connectivity index (χ4v) is 2.62. The van der Waals surface area contributed by atoms with Crippen molar-refractivity contribution >= 4 is 17.7 Å². The Bertz CT molecular complexity index is 1040. The summed E-state index contributed by atoms with van der Waals surface area (Å²) >= 11 is 0. The molecule has 1 heterocycles. The number of hydrogen-bond acceptors (Lipinski definition) is 4. The highest BCUT2D eigenvalue weighted by atomic mass is 19.1. The van der Waals surface area contributed by atoms with E-state index in [4.69, 9.17) is 0 Å². The largest absolute Gasteiger partial charge is 0.348 e. The summed E-state index contributed by atoms with van der Waals surface area (Å²) in [7, 11) is 0. The van der Waals surface area contributed by atoms with Gasteiger partial charge in [-0.15, -0.1) is 0 Å². The number of carbonyl (C=O) groups excluding carboxylic acids is 1. The van der Waals surface area contributed by atoms with Crippen molar-refractivity contribution in [3.8, 4) is 5.69 Å². The summed E-state index contributed by atoms with van der Waals surface area (Å²) in [5.41, 5.74) is 1.66. The maximum Gasteiger partial charge on any atom is 0.269 e. The van der Waals surface area contributed by atoms with Crippen LogP contribution in [-0.4, -0.2) is 20.4 Å². The van der Waals surface area contributed by atoms with Gasteiger partial charge in [-0.3, -0.25) is 14.9 Å². The molecule has 0 aliphatic heterocycles. The lowest BCUT2D eigenvalue weighted by Gasteiger charge is -2.09. The van der Waals surface area contributed by atoms with E-state index in [2.05, 4.69) is 10.3 Å². The Balaban J connectivity index is 1.59. The smallest absolute Gasteiger partial charge is 0.269 e. The first-order chi connectivity index (χ1) is 13.4. The molecule has 0 fully saturated rings. The number of nitrogens with zero attached hydrogens (tertiary/aromatic N) is 3. The molecule has 8 heteroatoms. The highest BCUT2D eigenvalue weighted by molar-refractivity contribution is 5.91. The zero-order valence-electron chi connectivity index (χ0n) is 15.0. The molecule has 3 rings (SSSR count). The minimum absolute atomic E-state index is 0.0158. The normalized spacial score (nSPS) is 10.9. The SMILES string of the molecule is Cc1nccn1-c1ccc(CNC(=O)/C=C/c2ccc([N+](=O)[O-])cc2)cc1F. The fraction of sp³-hybridized carbons (Fsp3) is 0.100. The number of aromatic nitrogens is 2. The van der Waals surface area contributed by atoms with Crippen molar-refractivity contribution in [1.82, 2.24) is 14.9 Å². The van der Waals surface area contributed by atoms with E-state index in [0.717, 1.165) is 0 Å². The predicted molar refractivity (Wildman–Crippen MR) is 102 cm³/mol. The lowest BCUT2D eigenvalue weighted by atomic mass is 10.2. The molecule has 7 nitrogen and oxygen atoms in total. The van der Waals surface area contributed by atoms with Crippen LogP contribution in [0.4, 0.5) is 10.1 Å². The van der Waals surface area contributed by atoms with Crippen LogP contribution in [0.15, 0.2) is 60.9 Å². The molecule has 1 aromatic heterocycles. The Morgan fingerprint density at radius 2 is 2.04 bits per heavy atom. The van der Waals surface area contributed by atoms with Gasteiger partial charge < -0.3 is 9.88 Å². The van der Waals surface area contributed by atoms with Crippen LogP contribution < -0.4 is 5.32 Å². The number of halogens is 1. The van der Waals surface area contributed by atoms with Crippen LogP contribution >= 0.6 is 0 Å². The second kappa shape index (κ2) is 8.26. The van der Waals surface area contributed by atoms with Gasteiger partial charge in [0.2, 0.25) is 5.91 Å². The summed E-state index contributed by atoms with van der Waals surface area (Å²) in [5.74, 6) is -0.0844. The van der Waals surface area contributed by atoms with Gasteiger partial charge in [0.15, 0.2) is 0 Å². The first-order valence-electron chi connectivity index (χ1n) is 8.43. The van der Waals surface area contributed by atoms with Gasteiger partial charge in [0.25, 0.3) is 5.69 Å². The molecule has 28 heavy (non-hydrogen) atoms. The number of rotatable bonds is 6. The molecule has 3 aromatic rings. The van der Waals surface area contributed by atoms with E-state index >= 15 is 0 Å². The molecule has 1 amide bonds. The summed E-state index contributed by atoms with van der Waals surface area (Å²) in [6.07, 6.45) is 6.14. The van der Waals surface area contributed by atoms with Gasteiger partial charge in [-0.2, -0.15) is 0 Å². The van der Waals surface area contributed by atoms with Crippen LogP contribution in [-0.2, 0) is 11.3 Å². The Hall–Kier alpha value is -3.81. The highest BCUT2D eigenvalue weighted by Crippen LogP contribution is 2.17. The number of non-ortho nitro benzene ring substituents is 1. The number of hydrogen-bond donors (Lipinski definition) is 1. The third kappa shape index (κ3) is 4.47. The Kier molecular flexibility index (Phi) is 5.59. The van der Waals surface area contributed by atoms with Crippen LogP contribution in [0.3, 0.4) is 0 Å². The van der Waals surface area contributed by atoms with Crippen LogP contribution in [0, 0.1) is 22.9 Å². The first kappa shape index (κ1) is 19.0. The molecule has 0 aliphatic rings. The van der Waals surface area contributed by atoms with Gasteiger partial charge >= 0.3 is 0 Å². The van der Waals surface area contributed by atoms with Crippen molar-refractivity contribution in [2.75, 3.05) is 0 Å². The number of nitro groups is 1. The van der Waals surface area contributed by atoms with Gasteiger partial charge in [0.1, 0.15) is 11.6 Å². The van der Waals surface area contributed by atoms with Crippen molar-refractivity contribution in [1.29, 1.82) is 0 Å². The molecule has 0 bridgehead atoms. The standard InChI is InChI=1S/C20H17FN4O3/c1-14-22-10-11-24(14)19-8-4-16(12-18(19)21)13-23-20(26)9-5-15-2-6-17(7-3-15)25(27)28/h2-12H,13H2,1H3,(H,23,26)/b9-5+. The number of imidazole rings is 1. The van der Waals surface area contributed by atoms with E-state index in [9.17, 15) is 19.3 Å². The number of amides is 1. The van der Waals surface area contributed by atoms with Gasteiger partial charge in [0.05, 0.1) is 10.6 Å². The van der Waals surface area contributed by atoms with Gasteiger partial charge in [-0.25, -0.2) is 9.37 Å². The molecule has 0 saturated heterocycles. The number of benzene rings is 2. The van der Waals surface area contributed by atoms with Crippen molar-refractivity contribution in [3.05, 3.63) is 93.8 Å². The van der Waals surface area contributed by atoms with Crippen LogP contribution in [0.25, 0.3) is 11.8 Å². The molecule has 0 atom stereocenters. The molecule has 1 N–H and O–H groups in total. The summed E-state index contributed by atoms with van der Waals surface area (Å²) in [6.45, 7) is 1.95. The van der Waals surface area contributed by atoms with Crippen molar-refractivity contribution in [3.63, 3.8) is 0 Å². The number of nitrogens with one attached hydrogen (secondary N) is 1. The van der Waals surface area contributed by atoms with Gasteiger partial charge in [0, 0.05) is 37.1 Å². The Morgan fingerprint density at radius 1 is 1.29 bits per heavy atom. The maximum atomic E-state index is 14.4. The summed E-state index contributed by atoms with van der Waals surface area (Å²) in [5, 5.41) is 13.3. The average Bonchev–Trinajstić information content (AvgIpc) is 3.10. The van der Waals surface area contributed by atoms with E-state index in [1.165, 1.54) is 24.3 Å². The highest BCUT2D eigenvalue weighted by Gasteiger charge is 2.08. The Morgan fingerprint density at radius 3 is 2.64 bits per heavy atom. The third-order valence-electron chi connectivity index (χ3n) is 4.10. The maximum absolute atomic E-state index is 14.4. The summed E-state index contributed by atoms with van der Waals surface area (Å²) < 4.78 is 16.0. The molecule has 142 valence electrons. The monoisotopic (exact) mass is 380 g/mol. The van der Waals surface area contributed by atoms with E-state index in [1.807, 2.05) is 0 Å². The zero-order chi connectivity index (χ0) is 20.1. The van der Waals surface area contributed by atoms with E-state index in [0.29, 0.717) is 22.6 Å². The zero-order valence-corrected chi connectivity index (χ0v) is 15.0. The summed E-state index contributed by atoms with van der Waals surface area (Å²) in [4.78, 5) is 26.1. The van der Waals surface area contributed by atoms with Crippen molar-refractivity contribution in [2.24, 2.45) is 0 Å². The first-order valence-corrected chi connectivity index (χ1v) is 8.43. The minimum atomic E-state index is -0.487. The molecule has 0 unspecified atom stereocenters. The van der Waals surface area contributed by atoms with Crippen molar-refractivity contribution < 1.29 is 14.1 Å². The van der Waals surface area contributed by atoms with Gasteiger partial charge in [-0.1, -0.05) is 6.07 Å². The Labute approximate surface area is 160 Å². The molecule has 0 aliphatic carbocycles. The third-order valence-corrected chi connectivity index (χ3v) is 4.10. The second-order valence-electron chi connectivity index (χ2n) is 6.03. The van der Waals surface area contributed by atoms with Crippen LogP contribution in [0.1, 0.15) is 17.0 Å². The average molecular weight is 380 g/mol. The summed E-state index contributed by atoms with van der Waals surface area (Å²) in [6, 6.07) is 10.6. The molecule has 0 radical (unpaired) electrons. The molecular formula is C20H17FN4O3. The number of carbonyl (C=O) groups is 1. The topological polar surface area (TPSA) is 90.1 Å². The van der Waals surface area contributed by atoms with E-state index < -0.39 is 10.7 Å². The second-order valence-corrected chi connectivity index (χ2v) is 6.03. The molecule has 0 saturated carbocycles. The number of nitro benzene ring substituents is 1. The van der Waals surface area contributed by atoms with E-state index in [1.54, 1.807) is 54.2 Å². The lowest BCUT2D eigenvalue weighted by Crippen LogP contribution is -2.20. The molecular weight excluding hydrogens is 363 g/mol. The minimum Gasteiger partial charge on any atom is -0.348 e. The lowest BCUT2D eigenvalue weighted by molar-refractivity contribution is -0.384. The van der Waals surface area contributed by atoms with Crippen LogP contribution in [0.5, 0.6) is 0 Å². The van der Waals surface area contributed by atoms with Crippen LogP contribution in [0.2, 0.25) is 0 Å². The quantitative estimate of drug-likeness (QED) is 0.402. The van der Waals surface area contributed by atoms with Crippen molar-refractivity contribution in [2.45, 2.75) is 13.5 Å². The van der Waals surface area contributed by atoms with Gasteiger partial charge in [-0.05, 0) is 48.4 Å². The number of aryl methyl sites for hydroxylation is 1. The fourth-order valence-electron chi connectivity index (χ4n) is 2.62. The van der Waals surface area contributed by atoms with E-state index in [-0.39, 0.29) is 18.1 Å². The molecule has 0 spiro atoms. The molecule has 2 aromatic carbocycles. The predicted octanol–water partition coefficient (Wildman–Crippen LogP) is 3.56.